The monoisotopic (exact) mass is 399 g/mol. The maximum Gasteiger partial charge on any atom is 0.336 e. The molecule has 0 aliphatic rings. The number of aromatic carboxylic acids is 1. The molecule has 0 unspecified atom stereocenters. The molecule has 2 aromatic rings. The second-order valence-corrected chi connectivity index (χ2v) is 5.58. The Hall–Kier alpha value is -1.96. The van der Waals surface area contributed by atoms with Crippen molar-refractivity contribution in [1.29, 1.82) is 0 Å². The van der Waals surface area contributed by atoms with Crippen LogP contribution in [0.2, 0.25) is 0 Å². The maximum absolute atomic E-state index is 13.0. The number of aryl methyl sites for hydroxylation is 1. The molecular weight excluding hydrogens is 388 g/mol. The van der Waals surface area contributed by atoms with Gasteiger partial charge in [0.05, 0.1) is 11.1 Å². The zero-order valence-electron chi connectivity index (χ0n) is 11.0. The predicted molar refractivity (Wildman–Crippen MR) is 85.2 cm³/mol. The Labute approximate surface area is 134 Å². The minimum absolute atomic E-state index is 0.126. The van der Waals surface area contributed by atoms with E-state index in [9.17, 15) is 14.0 Å². The summed E-state index contributed by atoms with van der Waals surface area (Å²) in [6.07, 6.45) is 0. The summed E-state index contributed by atoms with van der Waals surface area (Å²) in [5.74, 6) is -1.89. The molecule has 0 aliphatic carbocycles. The fraction of sp³-hybridized carbons (Fsp3) is 0.0667. The third-order valence-corrected chi connectivity index (χ3v) is 3.79. The summed E-state index contributed by atoms with van der Waals surface area (Å²) in [6.45, 7) is 1.68. The summed E-state index contributed by atoms with van der Waals surface area (Å²) in [6, 6.07) is 8.48. The average molecular weight is 399 g/mol. The minimum Gasteiger partial charge on any atom is -0.478 e. The van der Waals surface area contributed by atoms with Gasteiger partial charge in [-0.2, -0.15) is 0 Å². The van der Waals surface area contributed by atoms with Gasteiger partial charge in [0.25, 0.3) is 5.91 Å². The van der Waals surface area contributed by atoms with Gasteiger partial charge in [-0.1, -0.05) is 6.07 Å². The van der Waals surface area contributed by atoms with Crippen LogP contribution in [-0.4, -0.2) is 17.0 Å². The summed E-state index contributed by atoms with van der Waals surface area (Å²) >= 11 is 1.87. The first kappa shape index (κ1) is 15.4. The number of nitrogens with one attached hydrogen (secondary N) is 1. The van der Waals surface area contributed by atoms with Crippen molar-refractivity contribution in [3.63, 3.8) is 0 Å². The van der Waals surface area contributed by atoms with Crippen molar-refractivity contribution in [2.24, 2.45) is 0 Å². The Kier molecular flexibility index (Phi) is 4.56. The first-order valence-electron chi connectivity index (χ1n) is 5.99. The van der Waals surface area contributed by atoms with Crippen LogP contribution in [0.4, 0.5) is 10.1 Å². The zero-order chi connectivity index (χ0) is 15.6. The Morgan fingerprint density at radius 3 is 2.48 bits per heavy atom. The van der Waals surface area contributed by atoms with E-state index in [1.807, 2.05) is 22.6 Å². The fourth-order valence-electron chi connectivity index (χ4n) is 1.80. The Morgan fingerprint density at radius 1 is 1.14 bits per heavy atom. The molecule has 2 aromatic carbocycles. The van der Waals surface area contributed by atoms with Gasteiger partial charge in [-0.05, 0) is 65.4 Å². The van der Waals surface area contributed by atoms with Crippen LogP contribution in [-0.2, 0) is 0 Å². The fourth-order valence-corrected chi connectivity index (χ4v) is 2.52. The third-order valence-electron chi connectivity index (χ3n) is 2.90. The summed E-state index contributed by atoms with van der Waals surface area (Å²) in [5, 5.41) is 11.7. The van der Waals surface area contributed by atoms with Crippen molar-refractivity contribution in [2.45, 2.75) is 6.92 Å². The largest absolute Gasteiger partial charge is 0.478 e. The van der Waals surface area contributed by atoms with E-state index in [2.05, 4.69) is 5.32 Å². The maximum atomic E-state index is 13.0. The second kappa shape index (κ2) is 6.21. The van der Waals surface area contributed by atoms with E-state index in [4.69, 9.17) is 5.11 Å². The molecule has 0 aromatic heterocycles. The SMILES string of the molecule is Cc1ccc(NC(=O)c2ccc(F)cc2I)cc1C(=O)O. The van der Waals surface area contributed by atoms with E-state index in [0.29, 0.717) is 20.4 Å². The quantitative estimate of drug-likeness (QED) is 0.774. The number of benzene rings is 2. The molecule has 4 nitrogen and oxygen atoms in total. The van der Waals surface area contributed by atoms with E-state index < -0.39 is 17.7 Å². The number of halogens is 2. The molecule has 0 atom stereocenters. The predicted octanol–water partition coefficient (Wildman–Crippen LogP) is 3.69. The van der Waals surface area contributed by atoms with Crippen LogP contribution < -0.4 is 5.32 Å². The van der Waals surface area contributed by atoms with Crippen LogP contribution >= 0.6 is 22.6 Å². The topological polar surface area (TPSA) is 66.4 Å². The van der Waals surface area contributed by atoms with Gasteiger partial charge in [-0.25, -0.2) is 9.18 Å². The molecule has 108 valence electrons. The van der Waals surface area contributed by atoms with Crippen LogP contribution in [0.15, 0.2) is 36.4 Å². The number of amides is 1. The van der Waals surface area contributed by atoms with Crippen molar-refractivity contribution in [2.75, 3.05) is 5.32 Å². The van der Waals surface area contributed by atoms with Gasteiger partial charge in [0.15, 0.2) is 0 Å². The smallest absolute Gasteiger partial charge is 0.336 e. The van der Waals surface area contributed by atoms with Crippen LogP contribution in [0.3, 0.4) is 0 Å². The summed E-state index contributed by atoms with van der Waals surface area (Å²) in [4.78, 5) is 23.2. The average Bonchev–Trinajstić information content (AvgIpc) is 2.40. The van der Waals surface area contributed by atoms with Crippen molar-refractivity contribution >= 4 is 40.2 Å². The molecule has 0 saturated carbocycles. The van der Waals surface area contributed by atoms with Crippen molar-refractivity contribution in [3.05, 3.63) is 62.5 Å². The minimum atomic E-state index is -1.06. The lowest BCUT2D eigenvalue weighted by atomic mass is 10.1. The van der Waals surface area contributed by atoms with E-state index in [0.717, 1.165) is 0 Å². The van der Waals surface area contributed by atoms with Gasteiger partial charge < -0.3 is 10.4 Å². The van der Waals surface area contributed by atoms with E-state index in [-0.39, 0.29) is 5.56 Å². The van der Waals surface area contributed by atoms with Crippen LogP contribution in [0, 0.1) is 16.3 Å². The number of carbonyl (C=O) groups is 2. The molecule has 2 N–H and O–H groups in total. The number of hydrogen-bond acceptors (Lipinski definition) is 2. The number of carboxylic acid groups (broad SMARTS) is 1. The molecule has 0 aliphatic heterocycles. The standard InChI is InChI=1S/C15H11FINO3/c1-8-2-4-10(7-12(8)15(20)21)18-14(19)11-5-3-9(16)6-13(11)17/h2-7H,1H3,(H,18,19)(H,20,21). The Balaban J connectivity index is 2.27. The van der Waals surface area contributed by atoms with Crippen LogP contribution in [0.1, 0.15) is 26.3 Å². The normalized spacial score (nSPS) is 10.2. The molecule has 0 saturated heterocycles. The molecule has 0 heterocycles. The van der Waals surface area contributed by atoms with Gasteiger partial charge in [-0.3, -0.25) is 4.79 Å². The molecule has 0 fully saturated rings. The summed E-state index contributed by atoms with van der Waals surface area (Å²) in [5.41, 5.74) is 1.44. The Morgan fingerprint density at radius 2 is 1.86 bits per heavy atom. The highest BCUT2D eigenvalue weighted by Gasteiger charge is 2.13. The first-order chi connectivity index (χ1) is 9.88. The number of hydrogen-bond donors (Lipinski definition) is 2. The molecule has 1 amide bonds. The highest BCUT2D eigenvalue weighted by atomic mass is 127. The van der Waals surface area contributed by atoms with Gasteiger partial charge in [-0.15, -0.1) is 0 Å². The Bertz CT molecular complexity index is 731. The third kappa shape index (κ3) is 3.57. The number of rotatable bonds is 3. The summed E-state index contributed by atoms with van der Waals surface area (Å²) < 4.78 is 13.5. The molecular formula is C15H11FINO3. The summed E-state index contributed by atoms with van der Waals surface area (Å²) in [7, 11) is 0. The lowest BCUT2D eigenvalue weighted by Gasteiger charge is -2.09. The second-order valence-electron chi connectivity index (χ2n) is 4.41. The van der Waals surface area contributed by atoms with Crippen molar-refractivity contribution < 1.29 is 19.1 Å². The van der Waals surface area contributed by atoms with E-state index in [1.165, 1.54) is 24.3 Å². The molecule has 0 spiro atoms. The van der Waals surface area contributed by atoms with Gasteiger partial charge >= 0.3 is 5.97 Å². The molecule has 0 bridgehead atoms. The number of carbonyl (C=O) groups excluding carboxylic acids is 1. The number of carboxylic acids is 1. The van der Waals surface area contributed by atoms with E-state index >= 15 is 0 Å². The van der Waals surface area contributed by atoms with E-state index in [1.54, 1.807) is 19.1 Å². The lowest BCUT2D eigenvalue weighted by Crippen LogP contribution is -2.14. The molecule has 0 radical (unpaired) electrons. The molecule has 6 heteroatoms. The lowest BCUT2D eigenvalue weighted by molar-refractivity contribution is 0.0695. The van der Waals surface area contributed by atoms with Gasteiger partial charge in [0, 0.05) is 9.26 Å². The highest BCUT2D eigenvalue weighted by Crippen LogP contribution is 2.19. The van der Waals surface area contributed by atoms with Crippen molar-refractivity contribution in [1.82, 2.24) is 0 Å². The highest BCUT2D eigenvalue weighted by molar-refractivity contribution is 14.1. The molecule has 21 heavy (non-hydrogen) atoms. The van der Waals surface area contributed by atoms with Crippen LogP contribution in [0.25, 0.3) is 0 Å². The molecule has 2 rings (SSSR count). The zero-order valence-corrected chi connectivity index (χ0v) is 13.1. The number of anilines is 1. The first-order valence-corrected chi connectivity index (χ1v) is 7.06. The van der Waals surface area contributed by atoms with Crippen molar-refractivity contribution in [3.8, 4) is 0 Å². The van der Waals surface area contributed by atoms with Gasteiger partial charge in [0.1, 0.15) is 5.82 Å². The van der Waals surface area contributed by atoms with Crippen LogP contribution in [0.5, 0.6) is 0 Å². The van der Waals surface area contributed by atoms with Gasteiger partial charge in [0.2, 0.25) is 0 Å².